The molecule has 2 unspecified atom stereocenters. The Morgan fingerprint density at radius 1 is 1.64 bits per heavy atom. The van der Waals surface area contributed by atoms with Crippen LogP contribution in [0.1, 0.15) is 37.9 Å². The van der Waals surface area contributed by atoms with Gasteiger partial charge in [0.2, 0.25) is 0 Å². The van der Waals surface area contributed by atoms with E-state index in [0.29, 0.717) is 5.92 Å². The minimum atomic E-state index is 0.681. The van der Waals surface area contributed by atoms with Crippen LogP contribution < -0.4 is 0 Å². The summed E-state index contributed by atoms with van der Waals surface area (Å²) in [5.41, 5.74) is 0. The standard InChI is InChI=1S/C12H18N2/c1-3-7-14-8-6-13-12(14)11-5-4-10(2)9-11/h3,6,8,10-11H,1,4-5,7,9H2,2H3. The smallest absolute Gasteiger partial charge is 0.112 e. The first-order valence-electron chi connectivity index (χ1n) is 5.43. The first-order chi connectivity index (χ1) is 6.81. The molecule has 0 aliphatic heterocycles. The fourth-order valence-corrected chi connectivity index (χ4v) is 2.42. The molecular weight excluding hydrogens is 172 g/mol. The number of rotatable bonds is 3. The van der Waals surface area contributed by atoms with E-state index in [1.807, 2.05) is 12.3 Å². The Morgan fingerprint density at radius 3 is 3.14 bits per heavy atom. The fourth-order valence-electron chi connectivity index (χ4n) is 2.42. The lowest BCUT2D eigenvalue weighted by molar-refractivity contribution is 0.569. The van der Waals surface area contributed by atoms with Gasteiger partial charge in [-0.3, -0.25) is 0 Å². The zero-order valence-electron chi connectivity index (χ0n) is 8.82. The van der Waals surface area contributed by atoms with Gasteiger partial charge in [0.15, 0.2) is 0 Å². The van der Waals surface area contributed by atoms with Crippen LogP contribution in [0.15, 0.2) is 25.0 Å². The molecule has 2 atom stereocenters. The van der Waals surface area contributed by atoms with Crippen LogP contribution >= 0.6 is 0 Å². The molecule has 1 heterocycles. The lowest BCUT2D eigenvalue weighted by atomic mass is 10.1. The van der Waals surface area contributed by atoms with E-state index in [9.17, 15) is 0 Å². The maximum atomic E-state index is 4.47. The van der Waals surface area contributed by atoms with Crippen LogP contribution in [0.2, 0.25) is 0 Å². The molecule has 2 rings (SSSR count). The molecule has 0 N–H and O–H groups in total. The van der Waals surface area contributed by atoms with Crippen molar-refractivity contribution in [1.82, 2.24) is 9.55 Å². The maximum absolute atomic E-state index is 4.47. The third-order valence-electron chi connectivity index (χ3n) is 3.13. The molecule has 0 radical (unpaired) electrons. The first kappa shape index (κ1) is 9.50. The SMILES string of the molecule is C=CCn1ccnc1C1CCC(C)C1. The highest BCUT2D eigenvalue weighted by molar-refractivity contribution is 5.04. The van der Waals surface area contributed by atoms with Crippen LogP contribution in [0.25, 0.3) is 0 Å². The van der Waals surface area contributed by atoms with Crippen molar-refractivity contribution >= 4 is 0 Å². The van der Waals surface area contributed by atoms with Crippen molar-refractivity contribution in [3.8, 4) is 0 Å². The van der Waals surface area contributed by atoms with Crippen molar-refractivity contribution in [3.63, 3.8) is 0 Å². The largest absolute Gasteiger partial charge is 0.331 e. The van der Waals surface area contributed by atoms with Crippen LogP contribution in [0, 0.1) is 5.92 Å². The van der Waals surface area contributed by atoms with Crippen LogP contribution in [0.4, 0.5) is 0 Å². The Bertz CT molecular complexity index is 314. The summed E-state index contributed by atoms with van der Waals surface area (Å²) in [6, 6.07) is 0. The van der Waals surface area contributed by atoms with Gasteiger partial charge in [-0.1, -0.05) is 13.0 Å². The number of hydrogen-bond donors (Lipinski definition) is 0. The Labute approximate surface area is 85.7 Å². The molecular formula is C12H18N2. The molecule has 1 aromatic rings. The van der Waals surface area contributed by atoms with Gasteiger partial charge < -0.3 is 4.57 Å². The van der Waals surface area contributed by atoms with E-state index in [1.165, 1.54) is 25.1 Å². The molecule has 0 aromatic carbocycles. The molecule has 14 heavy (non-hydrogen) atoms. The third kappa shape index (κ3) is 1.74. The van der Waals surface area contributed by atoms with Gasteiger partial charge in [-0.25, -0.2) is 4.98 Å². The Balaban J connectivity index is 2.14. The van der Waals surface area contributed by atoms with Crippen molar-refractivity contribution in [2.45, 2.75) is 38.6 Å². The topological polar surface area (TPSA) is 17.8 Å². The van der Waals surface area contributed by atoms with Gasteiger partial charge in [0.05, 0.1) is 0 Å². The molecule has 0 amide bonds. The highest BCUT2D eigenvalue weighted by Crippen LogP contribution is 2.36. The normalized spacial score (nSPS) is 26.6. The highest BCUT2D eigenvalue weighted by Gasteiger charge is 2.25. The molecule has 1 aliphatic carbocycles. The molecule has 1 fully saturated rings. The maximum Gasteiger partial charge on any atom is 0.112 e. The Morgan fingerprint density at radius 2 is 2.50 bits per heavy atom. The number of nitrogens with zero attached hydrogens (tertiary/aromatic N) is 2. The average Bonchev–Trinajstić information content (AvgIpc) is 2.74. The second-order valence-electron chi connectivity index (χ2n) is 4.34. The van der Waals surface area contributed by atoms with Crippen molar-refractivity contribution in [2.24, 2.45) is 5.92 Å². The molecule has 2 nitrogen and oxygen atoms in total. The summed E-state index contributed by atoms with van der Waals surface area (Å²) in [5.74, 6) is 2.81. The summed E-state index contributed by atoms with van der Waals surface area (Å²) in [4.78, 5) is 4.47. The molecule has 0 bridgehead atoms. The molecule has 76 valence electrons. The molecule has 1 saturated carbocycles. The van der Waals surface area contributed by atoms with Crippen LogP contribution in [-0.4, -0.2) is 9.55 Å². The summed E-state index contributed by atoms with van der Waals surface area (Å²) in [7, 11) is 0. The minimum absolute atomic E-state index is 0.681. The van der Waals surface area contributed by atoms with Crippen LogP contribution in [0.3, 0.4) is 0 Å². The first-order valence-corrected chi connectivity index (χ1v) is 5.43. The summed E-state index contributed by atoms with van der Waals surface area (Å²) < 4.78 is 2.22. The number of aromatic nitrogens is 2. The summed E-state index contributed by atoms with van der Waals surface area (Å²) >= 11 is 0. The van der Waals surface area contributed by atoms with Crippen molar-refractivity contribution in [1.29, 1.82) is 0 Å². The highest BCUT2D eigenvalue weighted by atomic mass is 15.1. The molecule has 0 spiro atoms. The van der Waals surface area contributed by atoms with E-state index in [4.69, 9.17) is 0 Å². The van der Waals surface area contributed by atoms with E-state index in [2.05, 4.69) is 29.3 Å². The van der Waals surface area contributed by atoms with Crippen LogP contribution in [-0.2, 0) is 6.54 Å². The summed E-state index contributed by atoms with van der Waals surface area (Å²) in [5, 5.41) is 0. The van der Waals surface area contributed by atoms with Gasteiger partial charge in [0, 0.05) is 24.9 Å². The van der Waals surface area contributed by atoms with Gasteiger partial charge in [0.25, 0.3) is 0 Å². The van der Waals surface area contributed by atoms with E-state index < -0.39 is 0 Å². The minimum Gasteiger partial charge on any atom is -0.331 e. The molecule has 2 heteroatoms. The number of imidazole rings is 1. The number of allylic oxidation sites excluding steroid dienone is 1. The van der Waals surface area contributed by atoms with Gasteiger partial charge in [0.1, 0.15) is 5.82 Å². The monoisotopic (exact) mass is 190 g/mol. The fraction of sp³-hybridized carbons (Fsp3) is 0.583. The van der Waals surface area contributed by atoms with Crippen molar-refractivity contribution in [3.05, 3.63) is 30.9 Å². The van der Waals surface area contributed by atoms with E-state index in [1.54, 1.807) is 0 Å². The van der Waals surface area contributed by atoms with E-state index in [0.717, 1.165) is 12.5 Å². The third-order valence-corrected chi connectivity index (χ3v) is 3.13. The van der Waals surface area contributed by atoms with Crippen molar-refractivity contribution in [2.75, 3.05) is 0 Å². The quantitative estimate of drug-likeness (QED) is 0.670. The zero-order chi connectivity index (χ0) is 9.97. The second-order valence-corrected chi connectivity index (χ2v) is 4.34. The van der Waals surface area contributed by atoms with Gasteiger partial charge in [-0.15, -0.1) is 6.58 Å². The summed E-state index contributed by atoms with van der Waals surface area (Å²) in [6.45, 7) is 6.99. The van der Waals surface area contributed by atoms with Crippen molar-refractivity contribution < 1.29 is 0 Å². The molecule has 0 saturated heterocycles. The molecule has 1 aliphatic rings. The lowest BCUT2D eigenvalue weighted by Crippen LogP contribution is -2.05. The molecule has 1 aromatic heterocycles. The average molecular weight is 190 g/mol. The predicted molar refractivity (Wildman–Crippen MR) is 58.2 cm³/mol. The van der Waals surface area contributed by atoms with E-state index >= 15 is 0 Å². The van der Waals surface area contributed by atoms with Gasteiger partial charge in [-0.05, 0) is 25.2 Å². The van der Waals surface area contributed by atoms with Crippen LogP contribution in [0.5, 0.6) is 0 Å². The zero-order valence-corrected chi connectivity index (χ0v) is 8.82. The number of hydrogen-bond acceptors (Lipinski definition) is 1. The summed E-state index contributed by atoms with van der Waals surface area (Å²) in [6.07, 6.45) is 9.85. The lowest BCUT2D eigenvalue weighted by Gasteiger charge is -2.11. The predicted octanol–water partition coefficient (Wildman–Crippen LogP) is 2.97. The van der Waals surface area contributed by atoms with E-state index in [-0.39, 0.29) is 0 Å². The van der Waals surface area contributed by atoms with Gasteiger partial charge in [-0.2, -0.15) is 0 Å². The van der Waals surface area contributed by atoms with Gasteiger partial charge >= 0.3 is 0 Å². The Hall–Kier alpha value is -1.05. The second kappa shape index (κ2) is 3.99. The Kier molecular flexibility index (Phi) is 2.71.